The standard InChI is InChI=1S/C18H18N4O2S2/c1-10-17(26-12(3)19-10)15-9-25-18(21-15)22-16(24)8-13-5-4-6-14(7-13)20-11(2)23/h4-7,9H,8H2,1-3H3,(H,20,23)(H,21,22,24). The third-order valence-electron chi connectivity index (χ3n) is 3.50. The van der Waals surface area contributed by atoms with Crippen LogP contribution in [0, 0.1) is 13.8 Å². The van der Waals surface area contributed by atoms with Crippen LogP contribution in [0.15, 0.2) is 29.6 Å². The van der Waals surface area contributed by atoms with Gasteiger partial charge < -0.3 is 10.6 Å². The van der Waals surface area contributed by atoms with E-state index in [-0.39, 0.29) is 18.2 Å². The summed E-state index contributed by atoms with van der Waals surface area (Å²) in [6.07, 6.45) is 0.209. The molecule has 0 aliphatic rings. The Morgan fingerprint density at radius 2 is 1.96 bits per heavy atom. The number of rotatable bonds is 5. The lowest BCUT2D eigenvalue weighted by atomic mass is 10.1. The third-order valence-corrected chi connectivity index (χ3v) is 5.35. The largest absolute Gasteiger partial charge is 0.326 e. The van der Waals surface area contributed by atoms with Crippen molar-refractivity contribution in [3.63, 3.8) is 0 Å². The van der Waals surface area contributed by atoms with Crippen molar-refractivity contribution in [3.8, 4) is 10.6 Å². The fourth-order valence-electron chi connectivity index (χ4n) is 2.52. The number of thiazole rings is 2. The van der Waals surface area contributed by atoms with E-state index in [0.717, 1.165) is 26.8 Å². The minimum atomic E-state index is -0.150. The number of nitrogens with zero attached hydrogens (tertiary/aromatic N) is 2. The molecule has 2 N–H and O–H groups in total. The van der Waals surface area contributed by atoms with E-state index in [1.165, 1.54) is 18.3 Å². The van der Waals surface area contributed by atoms with E-state index < -0.39 is 0 Å². The maximum absolute atomic E-state index is 12.3. The zero-order valence-corrected chi connectivity index (χ0v) is 16.3. The fraction of sp³-hybridized carbons (Fsp3) is 0.222. The van der Waals surface area contributed by atoms with Crippen molar-refractivity contribution in [3.05, 3.63) is 45.9 Å². The molecule has 2 amide bonds. The molecular weight excluding hydrogens is 368 g/mol. The highest BCUT2D eigenvalue weighted by atomic mass is 32.1. The van der Waals surface area contributed by atoms with Crippen molar-refractivity contribution in [1.82, 2.24) is 9.97 Å². The lowest BCUT2D eigenvalue weighted by Gasteiger charge is -2.05. The molecule has 0 spiro atoms. The van der Waals surface area contributed by atoms with Crippen LogP contribution < -0.4 is 10.6 Å². The quantitative estimate of drug-likeness (QED) is 0.694. The number of hydrogen-bond acceptors (Lipinski definition) is 6. The summed E-state index contributed by atoms with van der Waals surface area (Å²) in [5.41, 5.74) is 3.28. The molecule has 1 aromatic carbocycles. The second-order valence-electron chi connectivity index (χ2n) is 5.79. The topological polar surface area (TPSA) is 84.0 Å². The second-order valence-corrected chi connectivity index (χ2v) is 7.85. The molecule has 0 bridgehead atoms. The Bertz CT molecular complexity index is 962. The molecule has 3 rings (SSSR count). The molecule has 0 radical (unpaired) electrons. The highest BCUT2D eigenvalue weighted by Crippen LogP contribution is 2.32. The van der Waals surface area contributed by atoms with Gasteiger partial charge in [0.15, 0.2) is 5.13 Å². The minimum absolute atomic E-state index is 0.143. The van der Waals surface area contributed by atoms with Gasteiger partial charge in [-0.05, 0) is 31.5 Å². The maximum Gasteiger partial charge on any atom is 0.230 e. The molecule has 8 heteroatoms. The van der Waals surface area contributed by atoms with Crippen LogP contribution in [-0.2, 0) is 16.0 Å². The molecule has 0 saturated heterocycles. The van der Waals surface area contributed by atoms with Crippen molar-refractivity contribution in [2.75, 3.05) is 10.6 Å². The molecule has 2 heterocycles. The van der Waals surface area contributed by atoms with E-state index >= 15 is 0 Å². The molecule has 0 unspecified atom stereocenters. The lowest BCUT2D eigenvalue weighted by molar-refractivity contribution is -0.115. The zero-order valence-electron chi connectivity index (χ0n) is 14.6. The Hall–Kier alpha value is -2.58. The smallest absolute Gasteiger partial charge is 0.230 e. The number of hydrogen-bond donors (Lipinski definition) is 2. The SMILES string of the molecule is CC(=O)Nc1cccc(CC(=O)Nc2nc(-c3sc(C)nc3C)cs2)c1. The van der Waals surface area contributed by atoms with Gasteiger partial charge in [0.25, 0.3) is 0 Å². The van der Waals surface area contributed by atoms with E-state index in [1.54, 1.807) is 23.5 Å². The summed E-state index contributed by atoms with van der Waals surface area (Å²) in [6, 6.07) is 7.24. The maximum atomic E-state index is 12.3. The zero-order chi connectivity index (χ0) is 18.7. The summed E-state index contributed by atoms with van der Waals surface area (Å²) in [5, 5.41) is 9.03. The van der Waals surface area contributed by atoms with Gasteiger partial charge in [-0.1, -0.05) is 12.1 Å². The van der Waals surface area contributed by atoms with E-state index in [0.29, 0.717) is 10.8 Å². The lowest BCUT2D eigenvalue weighted by Crippen LogP contribution is -2.14. The molecule has 3 aromatic rings. The highest BCUT2D eigenvalue weighted by molar-refractivity contribution is 7.16. The number of nitrogens with one attached hydrogen (secondary N) is 2. The van der Waals surface area contributed by atoms with Crippen LogP contribution in [0.3, 0.4) is 0 Å². The van der Waals surface area contributed by atoms with Crippen LogP contribution in [0.4, 0.5) is 10.8 Å². The number of aryl methyl sites for hydroxylation is 2. The number of carbonyl (C=O) groups excluding carboxylic acids is 2. The molecule has 0 atom stereocenters. The Balaban J connectivity index is 1.66. The van der Waals surface area contributed by atoms with Crippen LogP contribution >= 0.6 is 22.7 Å². The van der Waals surface area contributed by atoms with Crippen LogP contribution in [-0.4, -0.2) is 21.8 Å². The van der Waals surface area contributed by atoms with Crippen molar-refractivity contribution < 1.29 is 9.59 Å². The predicted molar refractivity (Wildman–Crippen MR) is 106 cm³/mol. The van der Waals surface area contributed by atoms with Crippen molar-refractivity contribution in [2.24, 2.45) is 0 Å². The van der Waals surface area contributed by atoms with Gasteiger partial charge in [0.1, 0.15) is 0 Å². The van der Waals surface area contributed by atoms with Crippen LogP contribution in [0.25, 0.3) is 10.6 Å². The van der Waals surface area contributed by atoms with Crippen molar-refractivity contribution >= 4 is 45.3 Å². The molecule has 0 aliphatic carbocycles. The third kappa shape index (κ3) is 4.53. The van der Waals surface area contributed by atoms with Crippen LogP contribution in [0.5, 0.6) is 0 Å². The van der Waals surface area contributed by atoms with Crippen molar-refractivity contribution in [2.45, 2.75) is 27.2 Å². The van der Waals surface area contributed by atoms with Gasteiger partial charge >= 0.3 is 0 Å². The summed E-state index contributed by atoms with van der Waals surface area (Å²) < 4.78 is 0. The number of aromatic nitrogens is 2. The molecule has 0 aliphatic heterocycles. The van der Waals surface area contributed by atoms with Gasteiger partial charge in [0, 0.05) is 18.0 Å². The molecule has 0 saturated carbocycles. The van der Waals surface area contributed by atoms with Crippen LogP contribution in [0.2, 0.25) is 0 Å². The Kier molecular flexibility index (Phi) is 5.43. The molecule has 0 fully saturated rings. The average Bonchev–Trinajstić information content (AvgIpc) is 3.12. The fourth-order valence-corrected chi connectivity index (χ4v) is 4.19. The van der Waals surface area contributed by atoms with E-state index in [1.807, 2.05) is 31.4 Å². The predicted octanol–water partition coefficient (Wildman–Crippen LogP) is 4.02. The first-order valence-electron chi connectivity index (χ1n) is 7.97. The number of amides is 2. The number of carbonyl (C=O) groups is 2. The number of benzene rings is 1. The summed E-state index contributed by atoms with van der Waals surface area (Å²) >= 11 is 2.99. The van der Waals surface area contributed by atoms with Gasteiger partial charge in [-0.2, -0.15) is 0 Å². The van der Waals surface area contributed by atoms with E-state index in [4.69, 9.17) is 0 Å². The first kappa shape index (κ1) is 18.2. The normalized spacial score (nSPS) is 10.6. The first-order chi connectivity index (χ1) is 12.4. The Morgan fingerprint density at radius 1 is 1.15 bits per heavy atom. The molecular formula is C18H18N4O2S2. The second kappa shape index (κ2) is 7.76. The Labute approximate surface area is 159 Å². The van der Waals surface area contributed by atoms with Gasteiger partial charge in [0.05, 0.1) is 27.7 Å². The summed E-state index contributed by atoms with van der Waals surface area (Å²) in [4.78, 5) is 33.4. The summed E-state index contributed by atoms with van der Waals surface area (Å²) in [6.45, 7) is 5.37. The number of anilines is 2. The molecule has 26 heavy (non-hydrogen) atoms. The minimum Gasteiger partial charge on any atom is -0.326 e. The van der Waals surface area contributed by atoms with Crippen LogP contribution in [0.1, 0.15) is 23.2 Å². The van der Waals surface area contributed by atoms with E-state index in [2.05, 4.69) is 20.6 Å². The summed E-state index contributed by atoms with van der Waals surface area (Å²) in [5.74, 6) is -0.293. The van der Waals surface area contributed by atoms with Crippen molar-refractivity contribution in [1.29, 1.82) is 0 Å². The molecule has 2 aromatic heterocycles. The van der Waals surface area contributed by atoms with E-state index in [9.17, 15) is 9.59 Å². The van der Waals surface area contributed by atoms with Gasteiger partial charge in [-0.3, -0.25) is 9.59 Å². The molecule has 6 nitrogen and oxygen atoms in total. The van der Waals surface area contributed by atoms with Gasteiger partial charge in [-0.25, -0.2) is 9.97 Å². The van der Waals surface area contributed by atoms with Gasteiger partial charge in [0.2, 0.25) is 11.8 Å². The Morgan fingerprint density at radius 3 is 2.65 bits per heavy atom. The average molecular weight is 387 g/mol. The van der Waals surface area contributed by atoms with Gasteiger partial charge in [-0.15, -0.1) is 22.7 Å². The monoisotopic (exact) mass is 386 g/mol. The molecule has 134 valence electrons. The highest BCUT2D eigenvalue weighted by Gasteiger charge is 2.13. The summed E-state index contributed by atoms with van der Waals surface area (Å²) in [7, 11) is 0. The first-order valence-corrected chi connectivity index (χ1v) is 9.66.